The maximum Gasteiger partial charge on any atom is 0.224 e. The minimum Gasteiger partial charge on any atom is -0.366 e. The number of hydrogen-bond donors (Lipinski definition) is 2. The Morgan fingerprint density at radius 2 is 2.12 bits per heavy atom. The second-order valence-electron chi connectivity index (χ2n) is 3.86. The smallest absolute Gasteiger partial charge is 0.224 e. The molecule has 0 bridgehead atoms. The van der Waals surface area contributed by atoms with Gasteiger partial charge in [0.25, 0.3) is 0 Å². The summed E-state index contributed by atoms with van der Waals surface area (Å²) in [7, 11) is 1.81. The predicted octanol–water partition coefficient (Wildman–Crippen LogP) is 2.44. The molecule has 0 spiro atoms. The Balaban J connectivity index is 2.02. The van der Waals surface area contributed by atoms with Crippen molar-refractivity contribution in [2.24, 2.45) is 0 Å². The molecule has 4 nitrogen and oxygen atoms in total. The number of nitrogens with one attached hydrogen (secondary N) is 2. The lowest BCUT2D eigenvalue weighted by Gasteiger charge is -2.07. The number of aryl methyl sites for hydroxylation is 1. The number of hydrogen-bond acceptors (Lipinski definition) is 4. The summed E-state index contributed by atoms with van der Waals surface area (Å²) in [5.41, 5.74) is 2.51. The van der Waals surface area contributed by atoms with E-state index in [2.05, 4.69) is 51.8 Å². The van der Waals surface area contributed by atoms with E-state index in [4.69, 9.17) is 0 Å². The zero-order valence-corrected chi connectivity index (χ0v) is 10.1. The van der Waals surface area contributed by atoms with Gasteiger partial charge in [-0.3, -0.25) is 0 Å². The predicted molar refractivity (Wildman–Crippen MR) is 70.1 cm³/mol. The molecule has 0 aliphatic carbocycles. The van der Waals surface area contributed by atoms with E-state index in [0.29, 0.717) is 5.95 Å². The monoisotopic (exact) mass is 228 g/mol. The molecule has 0 atom stereocenters. The molecule has 88 valence electrons. The van der Waals surface area contributed by atoms with Gasteiger partial charge in [-0.05, 0) is 18.6 Å². The quantitative estimate of drug-likeness (QED) is 0.844. The van der Waals surface area contributed by atoms with Crippen LogP contribution in [0, 0.1) is 6.92 Å². The van der Waals surface area contributed by atoms with Crippen LogP contribution in [0.3, 0.4) is 0 Å². The number of anilines is 2. The summed E-state index contributed by atoms with van der Waals surface area (Å²) in [4.78, 5) is 8.36. The van der Waals surface area contributed by atoms with Crippen LogP contribution in [0.15, 0.2) is 36.5 Å². The fraction of sp³-hybridized carbons (Fsp3) is 0.231. The minimum atomic E-state index is 0.624. The Morgan fingerprint density at radius 3 is 2.88 bits per heavy atom. The van der Waals surface area contributed by atoms with E-state index < -0.39 is 0 Å². The lowest BCUT2D eigenvalue weighted by molar-refractivity contribution is 1.08. The topological polar surface area (TPSA) is 49.8 Å². The highest BCUT2D eigenvalue weighted by molar-refractivity contribution is 5.40. The highest BCUT2D eigenvalue weighted by Gasteiger charge is 1.97. The van der Waals surface area contributed by atoms with Crippen molar-refractivity contribution in [1.82, 2.24) is 9.97 Å². The van der Waals surface area contributed by atoms with Crippen molar-refractivity contribution in [3.8, 4) is 0 Å². The summed E-state index contributed by atoms with van der Waals surface area (Å²) in [6, 6.07) is 10.3. The van der Waals surface area contributed by atoms with Crippen molar-refractivity contribution in [3.05, 3.63) is 47.7 Å². The highest BCUT2D eigenvalue weighted by atomic mass is 15.1. The molecule has 0 saturated heterocycles. The third-order valence-electron chi connectivity index (χ3n) is 2.44. The molecule has 2 aromatic rings. The van der Waals surface area contributed by atoms with Gasteiger partial charge in [0.15, 0.2) is 0 Å². The molecule has 0 saturated carbocycles. The van der Waals surface area contributed by atoms with Gasteiger partial charge >= 0.3 is 0 Å². The maximum absolute atomic E-state index is 4.30. The Labute approximate surface area is 101 Å². The van der Waals surface area contributed by atoms with Crippen molar-refractivity contribution < 1.29 is 0 Å². The molecule has 0 radical (unpaired) electrons. The van der Waals surface area contributed by atoms with Crippen molar-refractivity contribution in [3.63, 3.8) is 0 Å². The van der Waals surface area contributed by atoms with Crippen molar-refractivity contribution in [2.45, 2.75) is 13.5 Å². The molecule has 1 aromatic carbocycles. The average Bonchev–Trinajstić information content (AvgIpc) is 2.37. The van der Waals surface area contributed by atoms with Crippen LogP contribution in [0.5, 0.6) is 0 Å². The van der Waals surface area contributed by atoms with Gasteiger partial charge in [-0.2, -0.15) is 4.98 Å². The Bertz CT molecular complexity index is 496. The lowest BCUT2D eigenvalue weighted by Crippen LogP contribution is -2.04. The van der Waals surface area contributed by atoms with E-state index in [1.54, 1.807) is 13.2 Å². The van der Waals surface area contributed by atoms with E-state index >= 15 is 0 Å². The van der Waals surface area contributed by atoms with Gasteiger partial charge in [0, 0.05) is 19.8 Å². The van der Waals surface area contributed by atoms with Crippen LogP contribution in [0.2, 0.25) is 0 Å². The van der Waals surface area contributed by atoms with Gasteiger partial charge in [0.1, 0.15) is 5.82 Å². The Hall–Kier alpha value is -2.10. The number of nitrogens with zero attached hydrogens (tertiary/aromatic N) is 2. The zero-order chi connectivity index (χ0) is 12.1. The van der Waals surface area contributed by atoms with E-state index in [0.717, 1.165) is 12.4 Å². The first kappa shape index (κ1) is 11.4. The molecule has 2 N–H and O–H groups in total. The third kappa shape index (κ3) is 3.17. The van der Waals surface area contributed by atoms with Gasteiger partial charge in [-0.25, -0.2) is 4.98 Å². The van der Waals surface area contributed by atoms with Crippen LogP contribution in [0.1, 0.15) is 11.1 Å². The summed E-state index contributed by atoms with van der Waals surface area (Å²) in [5, 5.41) is 6.18. The van der Waals surface area contributed by atoms with Gasteiger partial charge in [0.2, 0.25) is 5.95 Å². The Morgan fingerprint density at radius 1 is 1.24 bits per heavy atom. The van der Waals surface area contributed by atoms with Gasteiger partial charge < -0.3 is 10.6 Å². The molecule has 0 aliphatic rings. The number of benzene rings is 1. The second kappa shape index (κ2) is 5.30. The van der Waals surface area contributed by atoms with Gasteiger partial charge in [-0.1, -0.05) is 29.8 Å². The maximum atomic E-state index is 4.30. The summed E-state index contributed by atoms with van der Waals surface area (Å²) in [6.07, 6.45) is 1.73. The molecule has 2 rings (SSSR count). The third-order valence-corrected chi connectivity index (χ3v) is 2.44. The molecule has 0 aliphatic heterocycles. The Kier molecular flexibility index (Phi) is 3.55. The van der Waals surface area contributed by atoms with E-state index in [1.807, 2.05) is 6.07 Å². The first-order valence-corrected chi connectivity index (χ1v) is 5.58. The summed E-state index contributed by atoms with van der Waals surface area (Å²) in [5.74, 6) is 1.45. The molecule has 0 fully saturated rings. The second-order valence-corrected chi connectivity index (χ2v) is 3.86. The van der Waals surface area contributed by atoms with E-state index in [1.165, 1.54) is 11.1 Å². The molecule has 17 heavy (non-hydrogen) atoms. The van der Waals surface area contributed by atoms with Crippen LogP contribution >= 0.6 is 0 Å². The van der Waals surface area contributed by atoms with Crippen LogP contribution < -0.4 is 10.6 Å². The van der Waals surface area contributed by atoms with Crippen molar-refractivity contribution >= 4 is 11.8 Å². The number of aromatic nitrogens is 2. The average molecular weight is 228 g/mol. The number of rotatable bonds is 4. The van der Waals surface area contributed by atoms with Crippen molar-refractivity contribution in [2.75, 3.05) is 17.7 Å². The molecule has 1 aromatic heterocycles. The fourth-order valence-corrected chi connectivity index (χ4v) is 1.59. The molecule has 4 heteroatoms. The molecule has 0 amide bonds. The largest absolute Gasteiger partial charge is 0.366 e. The van der Waals surface area contributed by atoms with Crippen LogP contribution in [-0.4, -0.2) is 17.0 Å². The first-order chi connectivity index (χ1) is 8.28. The van der Waals surface area contributed by atoms with Gasteiger partial charge in [-0.15, -0.1) is 0 Å². The van der Waals surface area contributed by atoms with E-state index in [-0.39, 0.29) is 0 Å². The summed E-state index contributed by atoms with van der Waals surface area (Å²) in [6.45, 7) is 2.86. The summed E-state index contributed by atoms with van der Waals surface area (Å²) >= 11 is 0. The SMILES string of the molecule is CNc1nccc(NCc2cccc(C)c2)n1. The van der Waals surface area contributed by atoms with Crippen LogP contribution in [-0.2, 0) is 6.54 Å². The normalized spacial score (nSPS) is 10.0. The molecular formula is C13H16N4. The highest BCUT2D eigenvalue weighted by Crippen LogP contribution is 2.09. The summed E-state index contributed by atoms with van der Waals surface area (Å²) < 4.78 is 0. The standard InChI is InChI=1S/C13H16N4/c1-10-4-3-5-11(8-10)9-16-12-6-7-15-13(14-2)17-12/h3-8H,9H2,1-2H3,(H2,14,15,16,17). The molecular weight excluding hydrogens is 212 g/mol. The van der Waals surface area contributed by atoms with E-state index in [9.17, 15) is 0 Å². The van der Waals surface area contributed by atoms with Crippen LogP contribution in [0.4, 0.5) is 11.8 Å². The minimum absolute atomic E-state index is 0.624. The zero-order valence-electron chi connectivity index (χ0n) is 10.1. The van der Waals surface area contributed by atoms with Crippen molar-refractivity contribution in [1.29, 1.82) is 0 Å². The first-order valence-electron chi connectivity index (χ1n) is 5.58. The lowest BCUT2D eigenvalue weighted by atomic mass is 10.1. The molecule has 0 unspecified atom stereocenters. The fourth-order valence-electron chi connectivity index (χ4n) is 1.59. The van der Waals surface area contributed by atoms with Gasteiger partial charge in [0.05, 0.1) is 0 Å². The molecule has 1 heterocycles. The van der Waals surface area contributed by atoms with Crippen LogP contribution in [0.25, 0.3) is 0 Å².